The van der Waals surface area contributed by atoms with Crippen LogP contribution in [0, 0.1) is 0 Å². The summed E-state index contributed by atoms with van der Waals surface area (Å²) in [6.45, 7) is 0. The summed E-state index contributed by atoms with van der Waals surface area (Å²) in [4.78, 5) is 24.4. The van der Waals surface area contributed by atoms with Gasteiger partial charge in [0.15, 0.2) is 0 Å². The fourth-order valence-corrected chi connectivity index (χ4v) is 3.19. The first kappa shape index (κ1) is 20.2. The van der Waals surface area contributed by atoms with Gasteiger partial charge in [0.1, 0.15) is 11.5 Å². The topological polar surface area (TPSA) is 76.7 Å². The zero-order valence-electron chi connectivity index (χ0n) is 16.5. The first-order valence-corrected chi connectivity index (χ1v) is 9.36. The van der Waals surface area contributed by atoms with Gasteiger partial charge in [-0.15, -0.1) is 0 Å². The van der Waals surface area contributed by atoms with Crippen molar-refractivity contribution in [2.75, 3.05) is 14.2 Å². The highest BCUT2D eigenvalue weighted by Gasteiger charge is 2.11. The highest BCUT2D eigenvalue weighted by Crippen LogP contribution is 2.25. The molecular formula is C23H24N2O4. The van der Waals surface area contributed by atoms with Crippen molar-refractivity contribution < 1.29 is 19.1 Å². The van der Waals surface area contributed by atoms with E-state index in [1.165, 1.54) is 0 Å². The summed E-state index contributed by atoms with van der Waals surface area (Å²) in [7, 11) is 3.17. The van der Waals surface area contributed by atoms with Crippen molar-refractivity contribution in [1.29, 1.82) is 0 Å². The average Bonchev–Trinajstić information content (AvgIpc) is 2.76. The van der Waals surface area contributed by atoms with E-state index in [0.29, 0.717) is 17.9 Å². The minimum atomic E-state index is -0.277. The van der Waals surface area contributed by atoms with Crippen LogP contribution in [-0.2, 0) is 22.4 Å². The Morgan fingerprint density at radius 3 is 2.38 bits per heavy atom. The van der Waals surface area contributed by atoms with Gasteiger partial charge >= 0.3 is 0 Å². The molecule has 2 amide bonds. The molecule has 0 saturated heterocycles. The van der Waals surface area contributed by atoms with Crippen molar-refractivity contribution in [2.24, 2.45) is 0 Å². The van der Waals surface area contributed by atoms with Crippen LogP contribution in [0.3, 0.4) is 0 Å². The lowest BCUT2D eigenvalue weighted by Gasteiger charge is -2.11. The SMILES string of the molecule is COc1ccc(OC)c(CCC(=O)NNC(=O)Cc2cccc3ccccc23)c1. The molecule has 3 aromatic rings. The molecule has 3 rings (SSSR count). The van der Waals surface area contributed by atoms with Gasteiger partial charge in [-0.2, -0.15) is 0 Å². The number of benzene rings is 3. The van der Waals surface area contributed by atoms with Crippen LogP contribution in [0.1, 0.15) is 17.5 Å². The standard InChI is InChI=1S/C23H24N2O4/c1-28-19-11-12-21(29-2)18(14-19)10-13-22(26)24-25-23(27)15-17-8-5-7-16-6-3-4-9-20(16)17/h3-9,11-12,14H,10,13,15H2,1-2H3,(H,24,26)(H,25,27). The van der Waals surface area contributed by atoms with E-state index >= 15 is 0 Å². The highest BCUT2D eigenvalue weighted by atomic mass is 16.5. The van der Waals surface area contributed by atoms with Crippen LogP contribution in [0.15, 0.2) is 60.7 Å². The van der Waals surface area contributed by atoms with E-state index in [-0.39, 0.29) is 24.7 Å². The van der Waals surface area contributed by atoms with E-state index in [1.807, 2.05) is 48.5 Å². The highest BCUT2D eigenvalue weighted by molar-refractivity contribution is 5.90. The van der Waals surface area contributed by atoms with E-state index in [9.17, 15) is 9.59 Å². The number of carbonyl (C=O) groups excluding carboxylic acids is 2. The van der Waals surface area contributed by atoms with Crippen LogP contribution in [0.2, 0.25) is 0 Å². The lowest BCUT2D eigenvalue weighted by molar-refractivity contribution is -0.128. The van der Waals surface area contributed by atoms with E-state index in [2.05, 4.69) is 10.9 Å². The van der Waals surface area contributed by atoms with Gasteiger partial charge in [0.25, 0.3) is 0 Å². The Morgan fingerprint density at radius 2 is 1.59 bits per heavy atom. The molecule has 0 spiro atoms. The maximum Gasteiger partial charge on any atom is 0.242 e. The number of rotatable bonds is 7. The van der Waals surface area contributed by atoms with Crippen LogP contribution in [0.25, 0.3) is 10.8 Å². The number of aryl methyl sites for hydroxylation is 1. The number of hydrogen-bond donors (Lipinski definition) is 2. The Bertz CT molecular complexity index is 1010. The molecule has 0 aromatic heterocycles. The third-order valence-corrected chi connectivity index (χ3v) is 4.68. The second-order valence-electron chi connectivity index (χ2n) is 6.59. The lowest BCUT2D eigenvalue weighted by atomic mass is 10.0. The van der Waals surface area contributed by atoms with Crippen molar-refractivity contribution in [3.63, 3.8) is 0 Å². The number of hydrazine groups is 1. The van der Waals surface area contributed by atoms with Crippen LogP contribution in [0.4, 0.5) is 0 Å². The summed E-state index contributed by atoms with van der Waals surface area (Å²) in [5.41, 5.74) is 6.74. The second-order valence-corrected chi connectivity index (χ2v) is 6.59. The molecule has 3 aromatic carbocycles. The lowest BCUT2D eigenvalue weighted by Crippen LogP contribution is -2.42. The molecule has 6 heteroatoms. The second kappa shape index (κ2) is 9.59. The first-order valence-electron chi connectivity index (χ1n) is 9.36. The van der Waals surface area contributed by atoms with Gasteiger partial charge in [0, 0.05) is 6.42 Å². The minimum Gasteiger partial charge on any atom is -0.497 e. The van der Waals surface area contributed by atoms with E-state index in [0.717, 1.165) is 21.9 Å². The summed E-state index contributed by atoms with van der Waals surface area (Å²) in [6, 6.07) is 19.2. The number of methoxy groups -OCH3 is 2. The van der Waals surface area contributed by atoms with Gasteiger partial charge in [-0.3, -0.25) is 20.4 Å². The predicted octanol–water partition coefficient (Wildman–Crippen LogP) is 3.18. The van der Waals surface area contributed by atoms with Crippen molar-refractivity contribution in [3.05, 3.63) is 71.8 Å². The fraction of sp³-hybridized carbons (Fsp3) is 0.217. The molecular weight excluding hydrogens is 368 g/mol. The van der Waals surface area contributed by atoms with Gasteiger partial charge < -0.3 is 9.47 Å². The molecule has 0 fully saturated rings. The maximum absolute atomic E-state index is 12.3. The summed E-state index contributed by atoms with van der Waals surface area (Å²) in [5.74, 6) is 0.845. The summed E-state index contributed by atoms with van der Waals surface area (Å²) >= 11 is 0. The van der Waals surface area contributed by atoms with Crippen LogP contribution in [0.5, 0.6) is 11.5 Å². The number of fused-ring (bicyclic) bond motifs is 1. The van der Waals surface area contributed by atoms with Crippen molar-refractivity contribution in [2.45, 2.75) is 19.3 Å². The molecule has 0 atom stereocenters. The average molecular weight is 392 g/mol. The van der Waals surface area contributed by atoms with Gasteiger partial charge in [-0.25, -0.2) is 0 Å². The molecule has 6 nitrogen and oxygen atoms in total. The molecule has 0 radical (unpaired) electrons. The van der Waals surface area contributed by atoms with Gasteiger partial charge in [-0.1, -0.05) is 42.5 Å². The Kier molecular flexibility index (Phi) is 6.68. The Labute approximate surface area is 169 Å². The van der Waals surface area contributed by atoms with Crippen molar-refractivity contribution in [1.82, 2.24) is 10.9 Å². The number of amides is 2. The number of ether oxygens (including phenoxy) is 2. The Morgan fingerprint density at radius 1 is 0.828 bits per heavy atom. The van der Waals surface area contributed by atoms with Crippen molar-refractivity contribution >= 4 is 22.6 Å². The zero-order valence-corrected chi connectivity index (χ0v) is 16.5. The molecule has 0 bridgehead atoms. The molecule has 0 aliphatic carbocycles. The normalized spacial score (nSPS) is 10.4. The van der Waals surface area contributed by atoms with Gasteiger partial charge in [-0.05, 0) is 46.5 Å². The number of carbonyl (C=O) groups is 2. The first-order chi connectivity index (χ1) is 14.1. The molecule has 150 valence electrons. The summed E-state index contributed by atoms with van der Waals surface area (Å²) in [5, 5.41) is 2.11. The van der Waals surface area contributed by atoms with Crippen LogP contribution < -0.4 is 20.3 Å². The zero-order chi connectivity index (χ0) is 20.6. The molecule has 0 saturated carbocycles. The molecule has 0 heterocycles. The third kappa shape index (κ3) is 5.25. The largest absolute Gasteiger partial charge is 0.497 e. The van der Waals surface area contributed by atoms with Gasteiger partial charge in [0.05, 0.1) is 20.6 Å². The predicted molar refractivity (Wildman–Crippen MR) is 112 cm³/mol. The quantitative estimate of drug-likeness (QED) is 0.606. The maximum atomic E-state index is 12.3. The monoisotopic (exact) mass is 392 g/mol. The number of hydrogen-bond acceptors (Lipinski definition) is 4. The van der Waals surface area contributed by atoms with Gasteiger partial charge in [0.2, 0.25) is 11.8 Å². The van der Waals surface area contributed by atoms with Crippen molar-refractivity contribution in [3.8, 4) is 11.5 Å². The number of nitrogens with one attached hydrogen (secondary N) is 2. The van der Waals surface area contributed by atoms with E-state index in [4.69, 9.17) is 9.47 Å². The third-order valence-electron chi connectivity index (χ3n) is 4.68. The molecule has 2 N–H and O–H groups in total. The molecule has 0 aliphatic heterocycles. The Hall–Kier alpha value is -3.54. The molecule has 0 unspecified atom stereocenters. The molecule has 0 aliphatic rings. The van der Waals surface area contributed by atoms with E-state index in [1.54, 1.807) is 26.4 Å². The van der Waals surface area contributed by atoms with E-state index < -0.39 is 0 Å². The Balaban J connectivity index is 1.52. The van der Waals surface area contributed by atoms with Crippen LogP contribution >= 0.6 is 0 Å². The minimum absolute atomic E-state index is 0.186. The summed E-state index contributed by atoms with van der Waals surface area (Å²) < 4.78 is 10.5. The molecule has 29 heavy (non-hydrogen) atoms. The van der Waals surface area contributed by atoms with Crippen LogP contribution in [-0.4, -0.2) is 26.0 Å². The summed E-state index contributed by atoms with van der Waals surface area (Å²) in [6.07, 6.45) is 0.856. The fourth-order valence-electron chi connectivity index (χ4n) is 3.19. The smallest absolute Gasteiger partial charge is 0.242 e.